The van der Waals surface area contributed by atoms with Gasteiger partial charge in [-0.3, -0.25) is 4.98 Å². The molecule has 2 N–H and O–H groups in total. The van der Waals surface area contributed by atoms with Gasteiger partial charge in [0.2, 0.25) is 0 Å². The molecule has 18 heavy (non-hydrogen) atoms. The normalized spacial score (nSPS) is 11.1. The van der Waals surface area contributed by atoms with Gasteiger partial charge in [-0.05, 0) is 32.4 Å². The van der Waals surface area contributed by atoms with E-state index in [4.69, 9.17) is 5.73 Å². The first-order chi connectivity index (χ1) is 8.65. The standard InChI is InChI=1S/C14H20N4/c1-4-6-12-17-13(11-7-5-8-16-9-11)14(15)18(12)10(2)3/h5,7-10H,4,6,15H2,1-3H3. The predicted molar refractivity (Wildman–Crippen MR) is 74.3 cm³/mol. The van der Waals surface area contributed by atoms with Crippen molar-refractivity contribution in [2.75, 3.05) is 5.73 Å². The molecular weight excluding hydrogens is 224 g/mol. The van der Waals surface area contributed by atoms with Gasteiger partial charge in [0.05, 0.1) is 0 Å². The molecule has 4 nitrogen and oxygen atoms in total. The molecule has 0 atom stereocenters. The molecule has 96 valence electrons. The Morgan fingerprint density at radius 1 is 1.39 bits per heavy atom. The Labute approximate surface area is 108 Å². The van der Waals surface area contributed by atoms with Crippen molar-refractivity contribution in [2.24, 2.45) is 0 Å². The van der Waals surface area contributed by atoms with Crippen LogP contribution in [0, 0.1) is 0 Å². The molecular formula is C14H20N4. The Morgan fingerprint density at radius 2 is 2.17 bits per heavy atom. The van der Waals surface area contributed by atoms with Gasteiger partial charge in [-0.2, -0.15) is 0 Å². The molecule has 0 fully saturated rings. The molecule has 0 radical (unpaired) electrons. The highest BCUT2D eigenvalue weighted by Crippen LogP contribution is 2.28. The maximum atomic E-state index is 6.24. The fourth-order valence-corrected chi connectivity index (χ4v) is 2.18. The average molecular weight is 244 g/mol. The number of anilines is 1. The average Bonchev–Trinajstić information content (AvgIpc) is 2.68. The fraction of sp³-hybridized carbons (Fsp3) is 0.429. The van der Waals surface area contributed by atoms with Gasteiger partial charge in [-0.15, -0.1) is 0 Å². The highest BCUT2D eigenvalue weighted by atomic mass is 15.2. The molecule has 0 saturated carbocycles. The maximum Gasteiger partial charge on any atom is 0.132 e. The van der Waals surface area contributed by atoms with Crippen molar-refractivity contribution < 1.29 is 0 Å². The highest BCUT2D eigenvalue weighted by molar-refractivity contribution is 5.70. The van der Waals surface area contributed by atoms with Crippen LogP contribution < -0.4 is 5.73 Å². The number of nitrogens with two attached hydrogens (primary N) is 1. The summed E-state index contributed by atoms with van der Waals surface area (Å²) in [4.78, 5) is 8.82. The van der Waals surface area contributed by atoms with Crippen LogP contribution in [0.5, 0.6) is 0 Å². The van der Waals surface area contributed by atoms with Crippen molar-refractivity contribution in [1.29, 1.82) is 0 Å². The number of aryl methyl sites for hydroxylation is 1. The molecule has 0 bridgehead atoms. The Morgan fingerprint density at radius 3 is 2.72 bits per heavy atom. The van der Waals surface area contributed by atoms with Crippen LogP contribution in [0.1, 0.15) is 39.1 Å². The van der Waals surface area contributed by atoms with E-state index >= 15 is 0 Å². The van der Waals surface area contributed by atoms with Crippen LogP contribution in [0.2, 0.25) is 0 Å². The summed E-state index contributed by atoms with van der Waals surface area (Å²) < 4.78 is 2.12. The van der Waals surface area contributed by atoms with Gasteiger partial charge in [0.1, 0.15) is 17.3 Å². The summed E-state index contributed by atoms with van der Waals surface area (Å²) in [6.45, 7) is 6.41. The fourth-order valence-electron chi connectivity index (χ4n) is 2.18. The quantitative estimate of drug-likeness (QED) is 0.899. The zero-order chi connectivity index (χ0) is 13.1. The van der Waals surface area contributed by atoms with Crippen molar-refractivity contribution in [3.63, 3.8) is 0 Å². The lowest BCUT2D eigenvalue weighted by Gasteiger charge is -2.13. The van der Waals surface area contributed by atoms with Crippen LogP contribution in [0.15, 0.2) is 24.5 Å². The van der Waals surface area contributed by atoms with Gasteiger partial charge in [0.15, 0.2) is 0 Å². The Kier molecular flexibility index (Phi) is 3.65. The van der Waals surface area contributed by atoms with Gasteiger partial charge in [0, 0.05) is 30.4 Å². The second-order valence-electron chi connectivity index (χ2n) is 4.72. The lowest BCUT2D eigenvalue weighted by atomic mass is 10.2. The van der Waals surface area contributed by atoms with Crippen LogP contribution in [0.4, 0.5) is 5.82 Å². The Balaban J connectivity index is 2.53. The SMILES string of the molecule is CCCc1nc(-c2cccnc2)c(N)n1C(C)C. The first-order valence-electron chi connectivity index (χ1n) is 6.42. The number of pyridine rings is 1. The molecule has 2 rings (SSSR count). The van der Waals surface area contributed by atoms with Crippen LogP contribution in [0.3, 0.4) is 0 Å². The van der Waals surface area contributed by atoms with Crippen molar-refractivity contribution in [2.45, 2.75) is 39.7 Å². The predicted octanol–water partition coefficient (Wildman–Crippen LogP) is 3.06. The number of hydrogen-bond donors (Lipinski definition) is 1. The van der Waals surface area contributed by atoms with Crippen LogP contribution in [0.25, 0.3) is 11.3 Å². The third-order valence-electron chi connectivity index (χ3n) is 2.95. The van der Waals surface area contributed by atoms with E-state index in [1.54, 1.807) is 12.4 Å². The minimum absolute atomic E-state index is 0.324. The second-order valence-corrected chi connectivity index (χ2v) is 4.72. The van der Waals surface area contributed by atoms with E-state index in [0.29, 0.717) is 6.04 Å². The number of hydrogen-bond acceptors (Lipinski definition) is 3. The van der Waals surface area contributed by atoms with E-state index in [-0.39, 0.29) is 0 Å². The zero-order valence-corrected chi connectivity index (χ0v) is 11.2. The number of aromatic nitrogens is 3. The van der Waals surface area contributed by atoms with Crippen molar-refractivity contribution in [1.82, 2.24) is 14.5 Å². The van der Waals surface area contributed by atoms with Crippen LogP contribution in [-0.2, 0) is 6.42 Å². The zero-order valence-electron chi connectivity index (χ0n) is 11.2. The molecule has 0 saturated heterocycles. The van der Waals surface area contributed by atoms with E-state index < -0.39 is 0 Å². The lowest BCUT2D eigenvalue weighted by molar-refractivity contribution is 0.571. The van der Waals surface area contributed by atoms with Crippen LogP contribution >= 0.6 is 0 Å². The summed E-state index contributed by atoms with van der Waals surface area (Å²) in [5, 5.41) is 0. The summed E-state index contributed by atoms with van der Waals surface area (Å²) in [5.41, 5.74) is 8.07. The third kappa shape index (κ3) is 2.23. The van der Waals surface area contributed by atoms with E-state index in [1.165, 1.54) is 0 Å². The molecule has 0 aliphatic heterocycles. The molecule has 2 aromatic rings. The van der Waals surface area contributed by atoms with Gasteiger partial charge in [0.25, 0.3) is 0 Å². The number of nitrogens with zero attached hydrogens (tertiary/aromatic N) is 3. The largest absolute Gasteiger partial charge is 0.383 e. The Bertz CT molecular complexity index is 514. The number of rotatable bonds is 4. The van der Waals surface area contributed by atoms with E-state index in [2.05, 4.69) is 35.3 Å². The summed E-state index contributed by atoms with van der Waals surface area (Å²) >= 11 is 0. The molecule has 2 aromatic heterocycles. The maximum absolute atomic E-state index is 6.24. The van der Waals surface area contributed by atoms with Gasteiger partial charge in [-0.1, -0.05) is 6.92 Å². The monoisotopic (exact) mass is 244 g/mol. The molecule has 4 heteroatoms. The van der Waals surface area contributed by atoms with Crippen molar-refractivity contribution in [3.8, 4) is 11.3 Å². The molecule has 0 amide bonds. The molecule has 0 aliphatic carbocycles. The lowest BCUT2D eigenvalue weighted by Crippen LogP contribution is -2.09. The van der Waals surface area contributed by atoms with E-state index in [0.717, 1.165) is 35.7 Å². The second kappa shape index (κ2) is 5.21. The first kappa shape index (κ1) is 12.6. The van der Waals surface area contributed by atoms with Crippen LogP contribution in [-0.4, -0.2) is 14.5 Å². The highest BCUT2D eigenvalue weighted by Gasteiger charge is 2.17. The summed E-state index contributed by atoms with van der Waals surface area (Å²) in [6, 6.07) is 4.22. The van der Waals surface area contributed by atoms with E-state index in [1.807, 2.05) is 12.1 Å². The van der Waals surface area contributed by atoms with E-state index in [9.17, 15) is 0 Å². The molecule has 2 heterocycles. The van der Waals surface area contributed by atoms with Crippen molar-refractivity contribution in [3.05, 3.63) is 30.4 Å². The molecule has 0 spiro atoms. The third-order valence-corrected chi connectivity index (χ3v) is 2.95. The molecule has 0 unspecified atom stereocenters. The van der Waals surface area contributed by atoms with Gasteiger partial charge < -0.3 is 10.3 Å². The van der Waals surface area contributed by atoms with Crippen molar-refractivity contribution >= 4 is 5.82 Å². The summed E-state index contributed by atoms with van der Waals surface area (Å²) in [5.74, 6) is 1.80. The van der Waals surface area contributed by atoms with Gasteiger partial charge >= 0.3 is 0 Å². The molecule has 0 aromatic carbocycles. The smallest absolute Gasteiger partial charge is 0.132 e. The summed E-state index contributed by atoms with van der Waals surface area (Å²) in [7, 11) is 0. The topological polar surface area (TPSA) is 56.7 Å². The minimum Gasteiger partial charge on any atom is -0.383 e. The Hall–Kier alpha value is -1.84. The summed E-state index contributed by atoms with van der Waals surface area (Å²) in [6.07, 6.45) is 5.57. The minimum atomic E-state index is 0.324. The van der Waals surface area contributed by atoms with Gasteiger partial charge in [-0.25, -0.2) is 4.98 Å². The first-order valence-corrected chi connectivity index (χ1v) is 6.42. The number of imidazole rings is 1. The molecule has 0 aliphatic rings. The number of nitrogen functional groups attached to an aromatic ring is 1.